The summed E-state index contributed by atoms with van der Waals surface area (Å²) in [5, 5.41) is 0. The van der Waals surface area contributed by atoms with Gasteiger partial charge in [-0.2, -0.15) is 0 Å². The van der Waals surface area contributed by atoms with E-state index in [1.807, 2.05) is 0 Å². The zero-order chi connectivity index (χ0) is 5.98. The first-order chi connectivity index (χ1) is 3.83. The van der Waals surface area contributed by atoms with Gasteiger partial charge in [-0.3, -0.25) is 0 Å². The zero-order valence-electron chi connectivity index (χ0n) is 5.22. The molecule has 0 atom stereocenters. The third kappa shape index (κ3) is 1.02. The number of nitrogens with zero attached hydrogens (tertiary/aromatic N) is 1. The number of hydrogen-bond donors (Lipinski definition) is 0. The van der Waals surface area contributed by atoms with Gasteiger partial charge >= 0.3 is 0 Å². The third-order valence-corrected chi connectivity index (χ3v) is 1.55. The lowest BCUT2D eigenvalue weighted by atomic mass is 9.98. The van der Waals surface area contributed by atoms with E-state index < -0.39 is 0 Å². The van der Waals surface area contributed by atoms with Gasteiger partial charge in [-0.1, -0.05) is 0 Å². The Balaban J connectivity index is 2.09. The molecule has 1 heteroatoms. The SMILES string of the molecule is C#CCC1CN(C)C1. The molecule has 44 valence electrons. The van der Waals surface area contributed by atoms with Gasteiger partial charge in [0.05, 0.1) is 0 Å². The summed E-state index contributed by atoms with van der Waals surface area (Å²) in [6.07, 6.45) is 6.08. The first-order valence-electron chi connectivity index (χ1n) is 2.95. The van der Waals surface area contributed by atoms with Crippen molar-refractivity contribution in [3.8, 4) is 12.3 Å². The topological polar surface area (TPSA) is 3.24 Å². The van der Waals surface area contributed by atoms with Crippen LogP contribution >= 0.6 is 0 Å². The summed E-state index contributed by atoms with van der Waals surface area (Å²) < 4.78 is 0. The summed E-state index contributed by atoms with van der Waals surface area (Å²) >= 11 is 0. The van der Waals surface area contributed by atoms with Crippen molar-refractivity contribution in [2.75, 3.05) is 20.1 Å². The summed E-state index contributed by atoms with van der Waals surface area (Å²) in [7, 11) is 2.12. The van der Waals surface area contributed by atoms with Crippen molar-refractivity contribution >= 4 is 0 Å². The molecule has 0 aromatic carbocycles. The van der Waals surface area contributed by atoms with E-state index >= 15 is 0 Å². The molecule has 1 rings (SSSR count). The van der Waals surface area contributed by atoms with Crippen LogP contribution in [0, 0.1) is 18.3 Å². The molecular formula is C7H11N. The van der Waals surface area contributed by atoms with Crippen molar-refractivity contribution < 1.29 is 0 Å². The van der Waals surface area contributed by atoms with E-state index in [1.54, 1.807) is 0 Å². The molecule has 0 aromatic heterocycles. The Morgan fingerprint density at radius 3 is 2.75 bits per heavy atom. The quantitative estimate of drug-likeness (QED) is 0.445. The molecule has 1 fully saturated rings. The summed E-state index contributed by atoms with van der Waals surface area (Å²) in [5.74, 6) is 3.46. The van der Waals surface area contributed by atoms with Gasteiger partial charge < -0.3 is 4.90 Å². The molecule has 1 heterocycles. The lowest BCUT2D eigenvalue weighted by Crippen LogP contribution is -2.43. The van der Waals surface area contributed by atoms with Crippen LogP contribution in [0.3, 0.4) is 0 Å². The molecule has 0 radical (unpaired) electrons. The minimum atomic E-state index is 0.796. The highest BCUT2D eigenvalue weighted by Gasteiger charge is 2.21. The average Bonchev–Trinajstić information content (AvgIpc) is 1.64. The van der Waals surface area contributed by atoms with Crippen molar-refractivity contribution in [3.05, 3.63) is 0 Å². The Hall–Kier alpha value is -0.480. The maximum absolute atomic E-state index is 5.12. The first-order valence-corrected chi connectivity index (χ1v) is 2.95. The molecule has 0 N–H and O–H groups in total. The number of terminal acetylenes is 1. The molecular weight excluding hydrogens is 98.1 g/mol. The number of likely N-dealkylation sites (tertiary alicyclic amines) is 1. The van der Waals surface area contributed by atoms with Crippen LogP contribution < -0.4 is 0 Å². The van der Waals surface area contributed by atoms with Gasteiger partial charge in [0.2, 0.25) is 0 Å². The first kappa shape index (κ1) is 5.65. The Labute approximate surface area is 50.7 Å². The van der Waals surface area contributed by atoms with Gasteiger partial charge in [0.15, 0.2) is 0 Å². The fraction of sp³-hybridized carbons (Fsp3) is 0.714. The van der Waals surface area contributed by atoms with Crippen molar-refractivity contribution in [2.45, 2.75) is 6.42 Å². The van der Waals surface area contributed by atoms with Gasteiger partial charge in [0.1, 0.15) is 0 Å². The van der Waals surface area contributed by atoms with E-state index in [-0.39, 0.29) is 0 Å². The van der Waals surface area contributed by atoms with Crippen molar-refractivity contribution in [3.63, 3.8) is 0 Å². The van der Waals surface area contributed by atoms with Crippen LogP contribution in [0.25, 0.3) is 0 Å². The monoisotopic (exact) mass is 109 g/mol. The molecule has 0 unspecified atom stereocenters. The fourth-order valence-electron chi connectivity index (χ4n) is 1.12. The van der Waals surface area contributed by atoms with E-state index in [0.717, 1.165) is 12.3 Å². The highest BCUT2D eigenvalue weighted by Crippen LogP contribution is 2.14. The number of rotatable bonds is 1. The van der Waals surface area contributed by atoms with Crippen LogP contribution in [-0.2, 0) is 0 Å². The molecule has 0 amide bonds. The van der Waals surface area contributed by atoms with Crippen LogP contribution in [0.5, 0.6) is 0 Å². The molecule has 1 aliphatic heterocycles. The molecule has 8 heavy (non-hydrogen) atoms. The minimum Gasteiger partial charge on any atom is -0.306 e. The van der Waals surface area contributed by atoms with Gasteiger partial charge in [0, 0.05) is 19.5 Å². The van der Waals surface area contributed by atoms with Crippen LogP contribution in [0.15, 0.2) is 0 Å². The molecule has 0 bridgehead atoms. The summed E-state index contributed by atoms with van der Waals surface area (Å²) in [6.45, 7) is 2.40. The van der Waals surface area contributed by atoms with E-state index in [2.05, 4.69) is 17.9 Å². The predicted octanol–water partition coefficient (Wildman–Crippen LogP) is 0.571. The maximum Gasteiger partial charge on any atom is 0.0139 e. The lowest BCUT2D eigenvalue weighted by molar-refractivity contribution is 0.138. The Bertz CT molecular complexity index is 106. The van der Waals surface area contributed by atoms with E-state index in [0.29, 0.717) is 0 Å². The fourth-order valence-corrected chi connectivity index (χ4v) is 1.12. The summed E-state index contributed by atoms with van der Waals surface area (Å²) in [5.41, 5.74) is 0. The second kappa shape index (κ2) is 2.19. The van der Waals surface area contributed by atoms with E-state index in [9.17, 15) is 0 Å². The summed E-state index contributed by atoms with van der Waals surface area (Å²) in [6, 6.07) is 0. The second-order valence-corrected chi connectivity index (χ2v) is 2.50. The molecule has 1 saturated heterocycles. The summed E-state index contributed by atoms with van der Waals surface area (Å²) in [4.78, 5) is 2.28. The lowest BCUT2D eigenvalue weighted by Gasteiger charge is -2.34. The molecule has 0 aliphatic carbocycles. The standard InChI is InChI=1S/C7H11N/c1-3-4-7-5-8(2)6-7/h1,7H,4-6H2,2H3. The minimum absolute atomic E-state index is 0.796. The highest BCUT2D eigenvalue weighted by atomic mass is 15.2. The average molecular weight is 109 g/mol. The highest BCUT2D eigenvalue weighted by molar-refractivity contribution is 4.91. The van der Waals surface area contributed by atoms with E-state index in [1.165, 1.54) is 13.1 Å². The van der Waals surface area contributed by atoms with Gasteiger partial charge in [-0.05, 0) is 13.0 Å². The zero-order valence-corrected chi connectivity index (χ0v) is 5.22. The maximum atomic E-state index is 5.12. The van der Waals surface area contributed by atoms with Crippen LogP contribution in [0.2, 0.25) is 0 Å². The molecule has 0 aromatic rings. The van der Waals surface area contributed by atoms with E-state index in [4.69, 9.17) is 6.42 Å². The Kier molecular flexibility index (Phi) is 1.55. The van der Waals surface area contributed by atoms with Crippen LogP contribution in [0.1, 0.15) is 6.42 Å². The molecule has 0 spiro atoms. The number of hydrogen-bond acceptors (Lipinski definition) is 1. The van der Waals surface area contributed by atoms with Crippen LogP contribution in [-0.4, -0.2) is 25.0 Å². The predicted molar refractivity (Wildman–Crippen MR) is 34.4 cm³/mol. The largest absolute Gasteiger partial charge is 0.306 e. The second-order valence-electron chi connectivity index (χ2n) is 2.50. The van der Waals surface area contributed by atoms with Gasteiger partial charge in [-0.15, -0.1) is 12.3 Å². The van der Waals surface area contributed by atoms with Crippen molar-refractivity contribution in [2.24, 2.45) is 5.92 Å². The molecule has 1 aliphatic rings. The molecule has 0 saturated carbocycles. The Morgan fingerprint density at radius 1 is 1.75 bits per heavy atom. The van der Waals surface area contributed by atoms with Gasteiger partial charge in [0.25, 0.3) is 0 Å². The Morgan fingerprint density at radius 2 is 2.38 bits per heavy atom. The van der Waals surface area contributed by atoms with Crippen molar-refractivity contribution in [1.82, 2.24) is 4.90 Å². The van der Waals surface area contributed by atoms with Crippen LogP contribution in [0.4, 0.5) is 0 Å². The van der Waals surface area contributed by atoms with Gasteiger partial charge in [-0.25, -0.2) is 0 Å². The van der Waals surface area contributed by atoms with Crippen molar-refractivity contribution in [1.29, 1.82) is 0 Å². The third-order valence-electron chi connectivity index (χ3n) is 1.55. The molecule has 1 nitrogen and oxygen atoms in total. The normalized spacial score (nSPS) is 22.0. The smallest absolute Gasteiger partial charge is 0.0139 e.